The number of primary amides is 1. The zero-order valence-corrected chi connectivity index (χ0v) is 15.9. The lowest BCUT2D eigenvalue weighted by Crippen LogP contribution is -2.32. The van der Waals surface area contributed by atoms with E-state index in [0.29, 0.717) is 17.0 Å². The van der Waals surface area contributed by atoms with Crippen molar-refractivity contribution in [2.75, 3.05) is 5.32 Å². The van der Waals surface area contributed by atoms with Crippen LogP contribution in [-0.2, 0) is 22.4 Å². The molecule has 1 heterocycles. The lowest BCUT2D eigenvalue weighted by molar-refractivity contribution is -0.124. The van der Waals surface area contributed by atoms with Crippen LogP contribution < -0.4 is 11.1 Å². The normalized spacial score (nSPS) is 14.1. The first kappa shape index (κ1) is 19.1. The average Bonchev–Trinajstić information content (AvgIpc) is 3.10. The highest BCUT2D eigenvalue weighted by atomic mass is 32.1. The third-order valence-electron chi connectivity index (χ3n) is 4.56. The smallest absolute Gasteiger partial charge is 0.349 e. The molecule has 1 atom stereocenters. The summed E-state index contributed by atoms with van der Waals surface area (Å²) in [5.41, 5.74) is 7.05. The Bertz CT molecular complexity index is 851. The minimum atomic E-state index is -0.947. The number of carbonyl (C=O) groups excluding carboxylic acids is 3. The predicted octanol–water partition coefficient (Wildman–Crippen LogP) is 3.30. The molecule has 1 aromatic carbocycles. The van der Waals surface area contributed by atoms with Crippen molar-refractivity contribution < 1.29 is 19.1 Å². The van der Waals surface area contributed by atoms with Gasteiger partial charge in [-0.05, 0) is 55.9 Å². The Morgan fingerprint density at radius 1 is 1.22 bits per heavy atom. The zero-order chi connectivity index (χ0) is 19.4. The first-order valence-electron chi connectivity index (χ1n) is 9.01. The molecule has 0 bridgehead atoms. The van der Waals surface area contributed by atoms with Gasteiger partial charge in [-0.2, -0.15) is 0 Å². The van der Waals surface area contributed by atoms with Crippen molar-refractivity contribution in [3.8, 4) is 0 Å². The number of thiophene rings is 1. The molecule has 3 rings (SSSR count). The van der Waals surface area contributed by atoms with E-state index in [1.54, 1.807) is 25.1 Å². The molecule has 0 spiro atoms. The molecular weight excluding hydrogens is 364 g/mol. The molecule has 6 nitrogen and oxygen atoms in total. The summed E-state index contributed by atoms with van der Waals surface area (Å²) in [5.74, 6) is -1.61. The van der Waals surface area contributed by atoms with E-state index in [4.69, 9.17) is 10.5 Å². The van der Waals surface area contributed by atoms with Gasteiger partial charge in [-0.1, -0.05) is 19.1 Å². The Hall–Kier alpha value is -2.67. The molecular formula is C20H22N2O4S. The van der Waals surface area contributed by atoms with Crippen LogP contribution in [0, 0.1) is 0 Å². The highest BCUT2D eigenvalue weighted by molar-refractivity contribution is 7.14. The van der Waals surface area contributed by atoms with Gasteiger partial charge >= 0.3 is 5.97 Å². The van der Waals surface area contributed by atoms with Gasteiger partial charge in [0.05, 0.1) is 11.3 Å². The van der Waals surface area contributed by atoms with Crippen LogP contribution in [0.2, 0.25) is 0 Å². The zero-order valence-electron chi connectivity index (χ0n) is 15.1. The molecule has 3 N–H and O–H groups in total. The summed E-state index contributed by atoms with van der Waals surface area (Å²) in [6.07, 6.45) is 3.63. The molecule has 0 fully saturated rings. The van der Waals surface area contributed by atoms with Gasteiger partial charge in [-0.3, -0.25) is 9.59 Å². The van der Waals surface area contributed by atoms with Gasteiger partial charge in [-0.15, -0.1) is 11.3 Å². The van der Waals surface area contributed by atoms with Gasteiger partial charge < -0.3 is 15.8 Å². The molecule has 2 amide bonds. The lowest BCUT2D eigenvalue weighted by Gasteiger charge is -2.16. The highest BCUT2D eigenvalue weighted by Gasteiger charge is 2.25. The summed E-state index contributed by atoms with van der Waals surface area (Å²) in [6.45, 7) is 1.76. The third-order valence-corrected chi connectivity index (χ3v) is 5.78. The molecule has 1 unspecified atom stereocenters. The number of nitrogens with two attached hydrogens (primary N) is 1. The van der Waals surface area contributed by atoms with E-state index in [1.807, 2.05) is 6.07 Å². The number of carbonyl (C=O) groups is 3. The van der Waals surface area contributed by atoms with Gasteiger partial charge in [0.25, 0.3) is 11.8 Å². The molecule has 0 aliphatic heterocycles. The highest BCUT2D eigenvalue weighted by Crippen LogP contribution is 2.30. The van der Waals surface area contributed by atoms with E-state index in [2.05, 4.69) is 5.32 Å². The van der Waals surface area contributed by atoms with Gasteiger partial charge in [0.2, 0.25) is 0 Å². The van der Waals surface area contributed by atoms with Crippen molar-refractivity contribution in [3.63, 3.8) is 0 Å². The molecule has 27 heavy (non-hydrogen) atoms. The molecule has 1 aliphatic rings. The van der Waals surface area contributed by atoms with Crippen LogP contribution >= 0.6 is 11.3 Å². The minimum Gasteiger partial charge on any atom is -0.448 e. The SMILES string of the molecule is CCC(OC(=O)c1cc2c(s1)CCCC2)C(=O)Nc1ccccc1C(N)=O. The van der Waals surface area contributed by atoms with E-state index in [9.17, 15) is 14.4 Å². The second-order valence-electron chi connectivity index (χ2n) is 6.47. The van der Waals surface area contributed by atoms with E-state index in [1.165, 1.54) is 27.8 Å². The maximum absolute atomic E-state index is 12.5. The van der Waals surface area contributed by atoms with Gasteiger partial charge in [0.1, 0.15) is 4.88 Å². The monoisotopic (exact) mass is 386 g/mol. The number of rotatable bonds is 6. The number of amides is 2. The van der Waals surface area contributed by atoms with Crippen molar-refractivity contribution in [3.05, 3.63) is 51.2 Å². The fraction of sp³-hybridized carbons (Fsp3) is 0.350. The van der Waals surface area contributed by atoms with Crippen molar-refractivity contribution in [2.24, 2.45) is 5.73 Å². The number of fused-ring (bicyclic) bond motifs is 1. The average molecular weight is 386 g/mol. The first-order valence-corrected chi connectivity index (χ1v) is 9.83. The van der Waals surface area contributed by atoms with E-state index in [-0.39, 0.29) is 5.56 Å². The number of ether oxygens (including phenoxy) is 1. The molecule has 0 radical (unpaired) electrons. The maximum Gasteiger partial charge on any atom is 0.349 e. The van der Waals surface area contributed by atoms with E-state index < -0.39 is 23.9 Å². The van der Waals surface area contributed by atoms with Crippen LogP contribution in [0.4, 0.5) is 5.69 Å². The van der Waals surface area contributed by atoms with Gasteiger partial charge in [-0.25, -0.2) is 4.79 Å². The molecule has 142 valence electrons. The summed E-state index contributed by atoms with van der Waals surface area (Å²) >= 11 is 1.45. The Labute approximate surface area is 161 Å². The van der Waals surface area contributed by atoms with Gasteiger partial charge in [0, 0.05) is 4.88 Å². The largest absolute Gasteiger partial charge is 0.448 e. The number of esters is 1. The van der Waals surface area contributed by atoms with Crippen LogP contribution in [0.15, 0.2) is 30.3 Å². The first-order chi connectivity index (χ1) is 13.0. The Kier molecular flexibility index (Phi) is 5.91. The molecule has 1 aromatic heterocycles. The fourth-order valence-electron chi connectivity index (χ4n) is 3.12. The quantitative estimate of drug-likeness (QED) is 0.744. The fourth-order valence-corrected chi connectivity index (χ4v) is 4.26. The standard InChI is InChI=1S/C20H22N2O4S/c1-2-15(19(24)22-14-9-5-4-8-13(14)18(21)23)26-20(25)17-11-12-7-3-6-10-16(12)27-17/h4-5,8-9,11,15H,2-3,6-7,10H2,1H3,(H2,21,23)(H,22,24). The van der Waals surface area contributed by atoms with Gasteiger partial charge in [0.15, 0.2) is 6.10 Å². The molecule has 0 saturated carbocycles. The summed E-state index contributed by atoms with van der Waals surface area (Å²) in [4.78, 5) is 38.3. The second kappa shape index (κ2) is 8.35. The summed E-state index contributed by atoms with van der Waals surface area (Å²) < 4.78 is 5.44. The molecule has 7 heteroatoms. The molecule has 1 aliphatic carbocycles. The number of hydrogen-bond acceptors (Lipinski definition) is 5. The van der Waals surface area contributed by atoms with E-state index >= 15 is 0 Å². The van der Waals surface area contributed by atoms with Crippen LogP contribution in [0.5, 0.6) is 0 Å². The minimum absolute atomic E-state index is 0.206. The Balaban J connectivity index is 1.69. The summed E-state index contributed by atoms with van der Waals surface area (Å²) in [6, 6.07) is 8.34. The van der Waals surface area contributed by atoms with E-state index in [0.717, 1.165) is 25.7 Å². The lowest BCUT2D eigenvalue weighted by atomic mass is 9.99. The van der Waals surface area contributed by atoms with Crippen molar-refractivity contribution in [1.82, 2.24) is 0 Å². The van der Waals surface area contributed by atoms with Crippen molar-refractivity contribution in [2.45, 2.75) is 45.1 Å². The van der Waals surface area contributed by atoms with Crippen LogP contribution in [0.3, 0.4) is 0 Å². The van der Waals surface area contributed by atoms with Crippen LogP contribution in [0.1, 0.15) is 56.7 Å². The number of benzene rings is 1. The summed E-state index contributed by atoms with van der Waals surface area (Å²) in [7, 11) is 0. The number of hydrogen-bond donors (Lipinski definition) is 2. The predicted molar refractivity (Wildman–Crippen MR) is 104 cm³/mol. The number of nitrogens with one attached hydrogen (secondary N) is 1. The Morgan fingerprint density at radius 3 is 2.67 bits per heavy atom. The number of anilines is 1. The number of aryl methyl sites for hydroxylation is 2. The van der Waals surface area contributed by atoms with Crippen molar-refractivity contribution >= 4 is 34.8 Å². The topological polar surface area (TPSA) is 98.5 Å². The maximum atomic E-state index is 12.5. The Morgan fingerprint density at radius 2 is 1.96 bits per heavy atom. The molecule has 2 aromatic rings. The second-order valence-corrected chi connectivity index (χ2v) is 7.60. The summed E-state index contributed by atoms with van der Waals surface area (Å²) in [5, 5.41) is 2.64. The molecule has 0 saturated heterocycles. The van der Waals surface area contributed by atoms with Crippen molar-refractivity contribution in [1.29, 1.82) is 0 Å². The van der Waals surface area contributed by atoms with Crippen LogP contribution in [-0.4, -0.2) is 23.9 Å². The van der Waals surface area contributed by atoms with Crippen LogP contribution in [0.25, 0.3) is 0 Å². The third kappa shape index (κ3) is 4.36. The number of para-hydroxylation sites is 1.